The van der Waals surface area contributed by atoms with Crippen molar-refractivity contribution in [1.82, 2.24) is 24.2 Å². The van der Waals surface area contributed by atoms with Crippen molar-refractivity contribution in [1.29, 1.82) is 0 Å². The van der Waals surface area contributed by atoms with E-state index in [0.29, 0.717) is 30.6 Å². The summed E-state index contributed by atoms with van der Waals surface area (Å²) < 4.78 is 38.9. The number of rotatable bonds is 9. The van der Waals surface area contributed by atoms with Gasteiger partial charge in [0.05, 0.1) is 6.33 Å². The van der Waals surface area contributed by atoms with Crippen LogP contribution in [0.4, 0.5) is 5.82 Å². The lowest BCUT2D eigenvalue weighted by atomic mass is 10.1. The lowest BCUT2D eigenvalue weighted by Gasteiger charge is -2.22. The summed E-state index contributed by atoms with van der Waals surface area (Å²) in [5.41, 5.74) is 6.61. The van der Waals surface area contributed by atoms with Gasteiger partial charge in [-0.3, -0.25) is 4.57 Å². The number of nitrogens with zero attached hydrogens (tertiary/aromatic N) is 4. The number of nitrogen functional groups attached to an aromatic ring is 1. The minimum atomic E-state index is -3.68. The van der Waals surface area contributed by atoms with Crippen molar-refractivity contribution in [2.45, 2.75) is 37.4 Å². The van der Waals surface area contributed by atoms with Gasteiger partial charge in [-0.2, -0.15) is 0 Å². The van der Waals surface area contributed by atoms with Crippen LogP contribution in [0, 0.1) is 12.3 Å². The maximum atomic E-state index is 11.6. The van der Waals surface area contributed by atoms with E-state index in [2.05, 4.69) is 32.2 Å². The van der Waals surface area contributed by atoms with Crippen LogP contribution in [0.25, 0.3) is 11.2 Å². The van der Waals surface area contributed by atoms with Crippen LogP contribution in [0.1, 0.15) is 19.1 Å². The van der Waals surface area contributed by atoms with E-state index in [1.54, 1.807) is 4.57 Å². The first-order valence-electron chi connectivity index (χ1n) is 8.81. The number of unbranched alkanes of at least 4 members (excludes halogenated alkanes) is 1. The van der Waals surface area contributed by atoms with E-state index in [1.165, 1.54) is 12.7 Å². The molecule has 1 aliphatic heterocycles. The van der Waals surface area contributed by atoms with E-state index in [0.717, 1.165) is 5.41 Å². The van der Waals surface area contributed by atoms with Gasteiger partial charge in [-0.15, -0.1) is 12.3 Å². The molecule has 0 spiro atoms. The lowest BCUT2D eigenvalue weighted by molar-refractivity contribution is -0.0667. The van der Waals surface area contributed by atoms with Gasteiger partial charge in [0.15, 0.2) is 17.7 Å². The normalized spacial score (nSPS) is 24.6. The van der Waals surface area contributed by atoms with Crippen LogP contribution in [0.15, 0.2) is 24.6 Å². The first kappa shape index (κ1) is 21.2. The van der Waals surface area contributed by atoms with Crippen molar-refractivity contribution in [2.24, 2.45) is 0 Å². The fourth-order valence-electron chi connectivity index (χ4n) is 3.00. The molecule has 3 rings (SSSR count). The minimum absolute atomic E-state index is 0.167. The maximum absolute atomic E-state index is 11.6. The Hall–Kier alpha value is -2.56. The molecule has 156 valence electrons. The van der Waals surface area contributed by atoms with Gasteiger partial charge in [-0.1, -0.05) is 6.58 Å². The number of anilines is 1. The van der Waals surface area contributed by atoms with Crippen molar-refractivity contribution in [3.05, 3.63) is 24.6 Å². The molecule has 0 amide bonds. The van der Waals surface area contributed by atoms with Crippen LogP contribution in [-0.4, -0.2) is 64.5 Å². The zero-order valence-electron chi connectivity index (χ0n) is 15.5. The Labute approximate surface area is 168 Å². The van der Waals surface area contributed by atoms with E-state index in [-0.39, 0.29) is 12.4 Å². The smallest absolute Gasteiger partial charge is 0.233 e. The van der Waals surface area contributed by atoms with E-state index in [4.69, 9.17) is 21.6 Å². The Morgan fingerprint density at radius 3 is 3.00 bits per heavy atom. The SMILES string of the molecule is C#CCCCO[C@@H]1[C@H](O)[C@@H](CNS(=O)(=O)C=C)O[C@H]1n1cnc2c(N)ncnc21. The van der Waals surface area contributed by atoms with Crippen molar-refractivity contribution in [3.8, 4) is 12.3 Å². The highest BCUT2D eigenvalue weighted by Crippen LogP contribution is 2.34. The lowest BCUT2D eigenvalue weighted by Crippen LogP contribution is -2.40. The summed E-state index contributed by atoms with van der Waals surface area (Å²) >= 11 is 0. The summed E-state index contributed by atoms with van der Waals surface area (Å²) in [4.78, 5) is 12.3. The number of nitrogens with one attached hydrogen (secondary N) is 1. The third-order valence-corrected chi connectivity index (χ3v) is 5.46. The predicted molar refractivity (Wildman–Crippen MR) is 105 cm³/mol. The average molecular weight is 422 g/mol. The molecule has 1 fully saturated rings. The van der Waals surface area contributed by atoms with Crippen LogP contribution in [0.3, 0.4) is 0 Å². The van der Waals surface area contributed by atoms with E-state index < -0.39 is 34.6 Å². The van der Waals surface area contributed by atoms with Gasteiger partial charge < -0.3 is 20.3 Å². The molecule has 0 aliphatic carbocycles. The predicted octanol–water partition coefficient (Wildman–Crippen LogP) is -0.472. The number of hydrogen-bond donors (Lipinski definition) is 3. The summed E-state index contributed by atoms with van der Waals surface area (Å²) in [5.74, 6) is 2.72. The van der Waals surface area contributed by atoms with Gasteiger partial charge in [-0.25, -0.2) is 28.1 Å². The van der Waals surface area contributed by atoms with Crippen molar-refractivity contribution < 1.29 is 23.0 Å². The summed E-state index contributed by atoms with van der Waals surface area (Å²) in [6.45, 7) is 3.36. The highest BCUT2D eigenvalue weighted by Gasteiger charge is 2.46. The maximum Gasteiger partial charge on any atom is 0.233 e. The zero-order valence-corrected chi connectivity index (χ0v) is 16.3. The number of aliphatic hydroxyl groups is 1. The summed E-state index contributed by atoms with van der Waals surface area (Å²) in [6.07, 6.45) is 5.52. The van der Waals surface area contributed by atoms with Crippen LogP contribution in [-0.2, 0) is 19.5 Å². The number of sulfonamides is 1. The van der Waals surface area contributed by atoms with Gasteiger partial charge in [0.25, 0.3) is 0 Å². The number of aliphatic hydroxyl groups excluding tert-OH is 1. The van der Waals surface area contributed by atoms with Crippen LogP contribution in [0.2, 0.25) is 0 Å². The molecular weight excluding hydrogens is 400 g/mol. The second kappa shape index (κ2) is 8.85. The van der Waals surface area contributed by atoms with Crippen LogP contribution >= 0.6 is 0 Å². The van der Waals surface area contributed by atoms with E-state index in [9.17, 15) is 13.5 Å². The molecule has 4 atom stereocenters. The number of hydrogen-bond acceptors (Lipinski definition) is 9. The molecule has 1 saturated heterocycles. The molecule has 4 N–H and O–H groups in total. The van der Waals surface area contributed by atoms with Gasteiger partial charge in [-0.05, 0) is 6.42 Å². The van der Waals surface area contributed by atoms with E-state index in [1.807, 2.05) is 0 Å². The fourth-order valence-corrected chi connectivity index (χ4v) is 3.51. The number of fused-ring (bicyclic) bond motifs is 1. The van der Waals surface area contributed by atoms with Crippen molar-refractivity contribution in [3.63, 3.8) is 0 Å². The van der Waals surface area contributed by atoms with Crippen molar-refractivity contribution >= 4 is 27.0 Å². The minimum Gasteiger partial charge on any atom is -0.387 e. The second-order valence-corrected chi connectivity index (χ2v) is 8.05. The monoisotopic (exact) mass is 422 g/mol. The van der Waals surface area contributed by atoms with Crippen molar-refractivity contribution in [2.75, 3.05) is 18.9 Å². The number of nitrogens with two attached hydrogens (primary N) is 1. The summed E-state index contributed by atoms with van der Waals surface area (Å²) in [7, 11) is -3.68. The molecular formula is C17H22N6O5S. The van der Waals surface area contributed by atoms with Gasteiger partial charge in [0.1, 0.15) is 30.2 Å². The topological polar surface area (TPSA) is 154 Å². The number of ether oxygens (including phenoxy) is 2. The molecule has 3 heterocycles. The Morgan fingerprint density at radius 2 is 2.28 bits per heavy atom. The molecule has 11 nitrogen and oxygen atoms in total. The fraction of sp³-hybridized carbons (Fsp3) is 0.471. The average Bonchev–Trinajstić information content (AvgIpc) is 3.26. The summed E-state index contributed by atoms with van der Waals surface area (Å²) in [5, 5.41) is 11.5. The van der Waals surface area contributed by atoms with Gasteiger partial charge in [0.2, 0.25) is 10.0 Å². The molecule has 2 aromatic heterocycles. The first-order chi connectivity index (χ1) is 13.9. The third-order valence-electron chi connectivity index (χ3n) is 4.45. The largest absolute Gasteiger partial charge is 0.387 e. The molecule has 12 heteroatoms. The zero-order chi connectivity index (χ0) is 21.0. The molecule has 0 saturated carbocycles. The molecule has 0 unspecified atom stereocenters. The Bertz CT molecular complexity index is 1020. The molecule has 0 radical (unpaired) electrons. The molecule has 29 heavy (non-hydrogen) atoms. The summed E-state index contributed by atoms with van der Waals surface area (Å²) in [6, 6.07) is 0. The Morgan fingerprint density at radius 1 is 1.48 bits per heavy atom. The number of aromatic nitrogens is 4. The highest BCUT2D eigenvalue weighted by atomic mass is 32.2. The molecule has 0 aromatic carbocycles. The van der Waals surface area contributed by atoms with Gasteiger partial charge >= 0.3 is 0 Å². The standard InChI is InChI=1S/C17H22N6O5S/c1-3-5-6-7-27-14-13(24)11(8-22-29(25,26)4-2)28-17(14)23-10-21-12-15(18)19-9-20-16(12)23/h1,4,9-11,13-14,17,22,24H,2,5-8H2,(H2,18,19,20)/t11-,13-,14-,17-/m1/s1. The molecule has 0 bridgehead atoms. The molecule has 2 aromatic rings. The van der Waals surface area contributed by atoms with Gasteiger partial charge in [0, 0.05) is 25.0 Å². The Kier molecular flexibility index (Phi) is 6.46. The highest BCUT2D eigenvalue weighted by molar-refractivity contribution is 7.92. The third kappa shape index (κ3) is 4.55. The molecule has 1 aliphatic rings. The van der Waals surface area contributed by atoms with E-state index >= 15 is 0 Å². The number of imidazole rings is 1. The first-order valence-corrected chi connectivity index (χ1v) is 10.4. The number of terminal acetylenes is 1. The van der Waals surface area contributed by atoms with Crippen LogP contribution in [0.5, 0.6) is 0 Å². The second-order valence-electron chi connectivity index (χ2n) is 6.34. The quantitative estimate of drug-likeness (QED) is 0.359. The van der Waals surface area contributed by atoms with Crippen LogP contribution < -0.4 is 10.5 Å². The Balaban J connectivity index is 1.85.